The van der Waals surface area contributed by atoms with E-state index in [1.165, 1.54) is 23.5 Å². The highest BCUT2D eigenvalue weighted by Gasteiger charge is 2.25. The number of anilines is 3. The van der Waals surface area contributed by atoms with Crippen molar-refractivity contribution >= 4 is 45.7 Å². The maximum atomic E-state index is 13.5. The van der Waals surface area contributed by atoms with Gasteiger partial charge in [0.25, 0.3) is 0 Å². The van der Waals surface area contributed by atoms with E-state index in [1.807, 2.05) is 36.5 Å². The molecule has 0 radical (unpaired) electrons. The molecule has 5 heterocycles. The molecule has 1 aromatic carbocycles. The monoisotopic (exact) mass is 557 g/mol. The first-order valence-corrected chi connectivity index (χ1v) is 14.4. The lowest BCUT2D eigenvalue weighted by molar-refractivity contribution is 0.628. The van der Waals surface area contributed by atoms with Crippen LogP contribution in [-0.2, 0) is 6.42 Å². The minimum Gasteiger partial charge on any atom is -0.313 e. The zero-order valence-electron chi connectivity index (χ0n) is 21.4. The number of rotatable bonds is 7. The summed E-state index contributed by atoms with van der Waals surface area (Å²) in [7, 11) is 0. The highest BCUT2D eigenvalue weighted by atomic mass is 32.2. The normalized spacial score (nSPS) is 13.2. The molecule has 0 amide bonds. The molecule has 0 aliphatic carbocycles. The molecule has 1 aliphatic rings. The van der Waals surface area contributed by atoms with E-state index in [4.69, 9.17) is 15.1 Å². The molecule has 0 unspecified atom stereocenters. The fourth-order valence-corrected chi connectivity index (χ4v) is 6.42. The molecule has 12 heteroatoms. The van der Waals surface area contributed by atoms with Crippen molar-refractivity contribution in [3.05, 3.63) is 65.3 Å². The third-order valence-corrected chi connectivity index (χ3v) is 8.54. The summed E-state index contributed by atoms with van der Waals surface area (Å²) in [5.74, 6) is 1.46. The summed E-state index contributed by atoms with van der Waals surface area (Å²) < 4.78 is 17.4. The van der Waals surface area contributed by atoms with Crippen LogP contribution in [0.4, 0.5) is 21.2 Å². The second kappa shape index (κ2) is 10.6. The van der Waals surface area contributed by atoms with Crippen molar-refractivity contribution in [3.63, 3.8) is 0 Å². The van der Waals surface area contributed by atoms with Crippen LogP contribution in [0.2, 0.25) is 0 Å². The summed E-state index contributed by atoms with van der Waals surface area (Å²) in [4.78, 5) is 21.5. The molecule has 0 atom stereocenters. The Hall–Kier alpha value is -4.08. The number of fused-ring (bicyclic) bond motifs is 1. The number of benzene rings is 1. The van der Waals surface area contributed by atoms with E-state index < -0.39 is 0 Å². The Balaban J connectivity index is 1.41. The lowest BCUT2D eigenvalue weighted by atomic mass is 10.1. The number of nitrogens with zero attached hydrogens (tertiary/aromatic N) is 9. The largest absolute Gasteiger partial charge is 0.313 e. The first-order valence-electron chi connectivity index (χ1n) is 12.6. The second-order valence-electron chi connectivity index (χ2n) is 8.83. The smallest absolute Gasteiger partial charge is 0.235 e. The van der Waals surface area contributed by atoms with Crippen LogP contribution < -0.4 is 9.21 Å². The van der Waals surface area contributed by atoms with Crippen molar-refractivity contribution in [2.75, 3.05) is 28.0 Å². The average molecular weight is 558 g/mol. The molecule has 0 N–H and O–H groups in total. The number of halogens is 1. The Labute approximate surface area is 233 Å². The molecule has 1 saturated heterocycles. The molecule has 5 aromatic rings. The molecule has 1 fully saturated rings. The summed E-state index contributed by atoms with van der Waals surface area (Å²) in [6.07, 6.45) is 7.33. The van der Waals surface area contributed by atoms with Gasteiger partial charge in [-0.05, 0) is 62.0 Å². The van der Waals surface area contributed by atoms with Gasteiger partial charge in [-0.2, -0.15) is 10.4 Å². The van der Waals surface area contributed by atoms with Gasteiger partial charge >= 0.3 is 0 Å². The molecular formula is C27H24FN9S2. The van der Waals surface area contributed by atoms with Gasteiger partial charge in [0.1, 0.15) is 28.1 Å². The van der Waals surface area contributed by atoms with E-state index in [0.29, 0.717) is 45.8 Å². The van der Waals surface area contributed by atoms with Crippen molar-refractivity contribution < 1.29 is 4.39 Å². The van der Waals surface area contributed by atoms with Crippen LogP contribution in [0.3, 0.4) is 0 Å². The zero-order valence-corrected chi connectivity index (χ0v) is 23.0. The maximum Gasteiger partial charge on any atom is 0.235 e. The number of aromatic nitrogens is 6. The Kier molecular flexibility index (Phi) is 6.85. The number of hydrogen-bond acceptors (Lipinski definition) is 10. The molecular weight excluding hydrogens is 533 g/mol. The lowest BCUT2D eigenvalue weighted by Gasteiger charge is -2.19. The van der Waals surface area contributed by atoms with Crippen LogP contribution in [0.5, 0.6) is 0 Å². The average Bonchev–Trinajstić information content (AvgIpc) is 3.73. The van der Waals surface area contributed by atoms with Gasteiger partial charge in [0, 0.05) is 48.6 Å². The first-order chi connectivity index (χ1) is 19.1. The standard InChI is InChI=1S/C27H24FN9S2/c1-3-20-24(35(4-2)27-33-23(22(14-29)39-27)17-6-8-19(28)9-7-17)25-32-21(10-12-36(25)34-20)18-15-30-26(31-16-18)37-11-5-13-38-37/h6-10,12,15-16H,3-5,11,13H2,1-2H3. The third-order valence-electron chi connectivity index (χ3n) is 6.43. The summed E-state index contributed by atoms with van der Waals surface area (Å²) in [5, 5.41) is 15.3. The Morgan fingerprint density at radius 3 is 2.54 bits per heavy atom. The molecule has 6 rings (SSSR count). The highest BCUT2D eigenvalue weighted by molar-refractivity contribution is 8.00. The van der Waals surface area contributed by atoms with Crippen molar-refractivity contribution in [2.24, 2.45) is 0 Å². The number of hydrogen-bond donors (Lipinski definition) is 0. The van der Waals surface area contributed by atoms with Crippen LogP contribution >= 0.6 is 23.3 Å². The van der Waals surface area contributed by atoms with Crippen molar-refractivity contribution in [1.29, 1.82) is 5.26 Å². The van der Waals surface area contributed by atoms with E-state index in [1.54, 1.807) is 28.6 Å². The van der Waals surface area contributed by atoms with Crippen LogP contribution in [0, 0.1) is 17.1 Å². The highest BCUT2D eigenvalue weighted by Crippen LogP contribution is 2.39. The van der Waals surface area contributed by atoms with Crippen LogP contribution in [0.15, 0.2) is 48.9 Å². The molecule has 9 nitrogen and oxygen atoms in total. The van der Waals surface area contributed by atoms with E-state index >= 15 is 0 Å². The Bertz CT molecular complexity index is 1670. The van der Waals surface area contributed by atoms with Crippen molar-refractivity contribution in [1.82, 2.24) is 29.5 Å². The Morgan fingerprint density at radius 2 is 1.87 bits per heavy atom. The van der Waals surface area contributed by atoms with Gasteiger partial charge in [0.2, 0.25) is 5.95 Å². The Morgan fingerprint density at radius 1 is 1.08 bits per heavy atom. The van der Waals surface area contributed by atoms with E-state index in [-0.39, 0.29) is 5.82 Å². The third kappa shape index (κ3) is 4.68. The minimum atomic E-state index is -0.335. The molecule has 0 saturated carbocycles. The van der Waals surface area contributed by atoms with Gasteiger partial charge in [-0.1, -0.05) is 18.3 Å². The fraction of sp³-hybridized carbons (Fsp3) is 0.259. The van der Waals surface area contributed by atoms with Crippen molar-refractivity contribution in [3.8, 4) is 28.6 Å². The quantitative estimate of drug-likeness (QED) is 0.227. The molecule has 0 spiro atoms. The van der Waals surface area contributed by atoms with Gasteiger partial charge in [-0.25, -0.2) is 28.8 Å². The second-order valence-corrected chi connectivity index (χ2v) is 10.9. The van der Waals surface area contributed by atoms with Gasteiger partial charge < -0.3 is 4.90 Å². The summed E-state index contributed by atoms with van der Waals surface area (Å²) >= 11 is 3.05. The van der Waals surface area contributed by atoms with Gasteiger partial charge in [0.05, 0.1) is 11.4 Å². The SMILES string of the molecule is CCc1nn2ccc(-c3cnc(N4CCCS4)nc3)nc2c1N(CC)c1nc(-c2ccc(F)cc2)c(C#N)s1. The summed E-state index contributed by atoms with van der Waals surface area (Å²) in [6.45, 7) is 5.62. The molecule has 0 bridgehead atoms. The first kappa shape index (κ1) is 25.2. The number of nitriles is 1. The van der Waals surface area contributed by atoms with Crippen molar-refractivity contribution in [2.45, 2.75) is 26.7 Å². The zero-order chi connectivity index (χ0) is 26.9. The molecule has 196 valence electrons. The van der Waals surface area contributed by atoms with Gasteiger partial charge in [-0.15, -0.1) is 0 Å². The van der Waals surface area contributed by atoms with Crippen LogP contribution in [0.1, 0.15) is 30.8 Å². The predicted molar refractivity (Wildman–Crippen MR) is 153 cm³/mol. The van der Waals surface area contributed by atoms with Crippen LogP contribution in [0.25, 0.3) is 28.2 Å². The lowest BCUT2D eigenvalue weighted by Crippen LogP contribution is -2.17. The number of aryl methyl sites for hydroxylation is 1. The molecule has 39 heavy (non-hydrogen) atoms. The predicted octanol–water partition coefficient (Wildman–Crippen LogP) is 5.90. The fourth-order valence-electron chi connectivity index (χ4n) is 4.52. The minimum absolute atomic E-state index is 0.335. The molecule has 4 aromatic heterocycles. The van der Waals surface area contributed by atoms with Gasteiger partial charge in [-0.3, -0.25) is 4.31 Å². The number of thiazole rings is 1. The summed E-state index contributed by atoms with van der Waals surface area (Å²) in [5.41, 5.74) is 5.19. The summed E-state index contributed by atoms with van der Waals surface area (Å²) in [6, 6.07) is 10.2. The van der Waals surface area contributed by atoms with E-state index in [2.05, 4.69) is 27.3 Å². The topological polar surface area (TPSA) is 99.1 Å². The van der Waals surface area contributed by atoms with E-state index in [0.717, 1.165) is 41.4 Å². The maximum absolute atomic E-state index is 13.5. The van der Waals surface area contributed by atoms with E-state index in [9.17, 15) is 9.65 Å². The molecule has 1 aliphatic heterocycles. The van der Waals surface area contributed by atoms with Gasteiger partial charge in [0.15, 0.2) is 10.8 Å². The van der Waals surface area contributed by atoms with Crippen LogP contribution in [-0.4, -0.2) is 48.4 Å².